The minimum atomic E-state index is -0.919. The van der Waals surface area contributed by atoms with Crippen LogP contribution < -0.4 is 0 Å². The smallest absolute Gasteiger partial charge is 0.317 e. The van der Waals surface area contributed by atoms with Crippen molar-refractivity contribution in [3.8, 4) is 0 Å². The van der Waals surface area contributed by atoms with Gasteiger partial charge in [-0.05, 0) is 57.4 Å². The second-order valence-electron chi connectivity index (χ2n) is 12.5. The van der Waals surface area contributed by atoms with Gasteiger partial charge in [0.15, 0.2) is 0 Å². The number of rotatable bonds is 17. The lowest BCUT2D eigenvalue weighted by Gasteiger charge is -2.45. The number of hydrogen-bond donors (Lipinski definition) is 2. The number of aliphatic carboxylic acids is 2. The lowest BCUT2D eigenvalue weighted by Crippen LogP contribution is -2.47. The third kappa shape index (κ3) is 14.9. The fourth-order valence-corrected chi connectivity index (χ4v) is 6.31. The van der Waals surface area contributed by atoms with Crippen molar-refractivity contribution in [3.05, 3.63) is 12.2 Å². The molecule has 1 saturated heterocycles. The van der Waals surface area contributed by atoms with Gasteiger partial charge in [0.2, 0.25) is 0 Å². The van der Waals surface area contributed by atoms with Crippen LogP contribution in [0.5, 0.6) is 0 Å². The number of carbonyl (C=O) groups excluding carboxylic acids is 1. The number of ether oxygens (including phenoxy) is 3. The summed E-state index contributed by atoms with van der Waals surface area (Å²) in [7, 11) is 2.00. The van der Waals surface area contributed by atoms with Crippen LogP contribution in [0.25, 0.3) is 0 Å². The molecule has 1 heterocycles. The molecule has 0 spiro atoms. The largest absolute Gasteiger partial charge is 0.480 e. The summed E-state index contributed by atoms with van der Waals surface area (Å²) in [6.45, 7) is 7.56. The van der Waals surface area contributed by atoms with Gasteiger partial charge in [-0.25, -0.2) is 0 Å². The molecule has 2 N–H and O–H groups in total. The molecule has 0 aromatic carbocycles. The quantitative estimate of drug-likeness (QED) is 0.180. The van der Waals surface area contributed by atoms with Crippen molar-refractivity contribution in [3.63, 3.8) is 0 Å². The van der Waals surface area contributed by atoms with Crippen LogP contribution in [0.2, 0.25) is 0 Å². The fourth-order valence-electron chi connectivity index (χ4n) is 6.31. The third-order valence-corrected chi connectivity index (χ3v) is 9.01. The molecule has 0 aromatic heterocycles. The van der Waals surface area contributed by atoms with Gasteiger partial charge in [0, 0.05) is 65.4 Å². The molecule has 252 valence electrons. The van der Waals surface area contributed by atoms with Crippen molar-refractivity contribution in [1.29, 1.82) is 0 Å². The molecule has 3 rings (SSSR count). The first-order valence-corrected chi connectivity index (χ1v) is 16.5. The van der Waals surface area contributed by atoms with E-state index in [1.807, 2.05) is 16.8 Å². The van der Waals surface area contributed by atoms with Crippen molar-refractivity contribution in [1.82, 2.24) is 19.6 Å². The highest BCUT2D eigenvalue weighted by atomic mass is 16.5. The van der Waals surface area contributed by atoms with Gasteiger partial charge in [-0.3, -0.25) is 29.1 Å². The molecule has 3 atom stereocenters. The van der Waals surface area contributed by atoms with E-state index in [9.17, 15) is 24.6 Å². The summed E-state index contributed by atoms with van der Waals surface area (Å²) in [6, 6.07) is 0. The average Bonchev–Trinajstić information content (AvgIpc) is 2.95. The molecule has 1 aliphatic heterocycles. The van der Waals surface area contributed by atoms with Crippen LogP contribution in [-0.4, -0.2) is 166 Å². The average molecular weight is 625 g/mol. The molecule has 1 saturated carbocycles. The van der Waals surface area contributed by atoms with Gasteiger partial charge in [-0.1, -0.05) is 12.2 Å². The Kier molecular flexibility index (Phi) is 17.4. The predicted octanol–water partition coefficient (Wildman–Crippen LogP) is 1.54. The highest BCUT2D eigenvalue weighted by Crippen LogP contribution is 2.43. The van der Waals surface area contributed by atoms with Gasteiger partial charge in [0.1, 0.15) is 5.78 Å². The minimum Gasteiger partial charge on any atom is -0.480 e. The number of hydrogen-bond acceptors (Lipinski definition) is 10. The molecule has 12 nitrogen and oxygen atoms in total. The van der Waals surface area contributed by atoms with Gasteiger partial charge >= 0.3 is 11.9 Å². The molecular formula is C32H56N4O8. The lowest BCUT2D eigenvalue weighted by molar-refractivity contribution is -0.140. The summed E-state index contributed by atoms with van der Waals surface area (Å²) < 4.78 is 17.4. The maximum Gasteiger partial charge on any atom is 0.317 e. The fraction of sp³-hybridized carbons (Fsp3) is 0.844. The molecule has 0 unspecified atom stereocenters. The minimum absolute atomic E-state index is 0.0689. The summed E-state index contributed by atoms with van der Waals surface area (Å²) in [5.41, 5.74) is 0. The lowest BCUT2D eigenvalue weighted by atomic mass is 9.66. The number of fused-ring (bicyclic) bond motifs is 1. The molecule has 0 aromatic rings. The SMILES string of the molecule is CN1CCN(CC(=O)O)CCN(CC(=O)O)CCN(CC(=O)CCCOCCOCCO[C@@H]2C[C@@H]3CC/C=C/CC[C@@H]32)CC1. The molecule has 2 fully saturated rings. The number of carboxylic acid groups (broad SMARTS) is 2. The Balaban J connectivity index is 1.25. The highest BCUT2D eigenvalue weighted by molar-refractivity contribution is 5.80. The second-order valence-corrected chi connectivity index (χ2v) is 12.5. The molecule has 44 heavy (non-hydrogen) atoms. The van der Waals surface area contributed by atoms with Crippen LogP contribution in [0.4, 0.5) is 0 Å². The van der Waals surface area contributed by atoms with E-state index in [2.05, 4.69) is 22.0 Å². The van der Waals surface area contributed by atoms with Gasteiger partial charge in [0.25, 0.3) is 0 Å². The van der Waals surface area contributed by atoms with Crippen LogP contribution in [0.1, 0.15) is 44.9 Å². The van der Waals surface area contributed by atoms with Crippen molar-refractivity contribution in [2.24, 2.45) is 11.8 Å². The number of carboxylic acids is 2. The molecular weight excluding hydrogens is 568 g/mol. The molecule has 3 aliphatic rings. The van der Waals surface area contributed by atoms with Crippen molar-refractivity contribution < 1.29 is 38.8 Å². The zero-order chi connectivity index (χ0) is 31.6. The van der Waals surface area contributed by atoms with Crippen molar-refractivity contribution >= 4 is 17.7 Å². The van der Waals surface area contributed by atoms with E-state index in [0.717, 1.165) is 12.5 Å². The summed E-state index contributed by atoms with van der Waals surface area (Å²) in [5, 5.41) is 18.6. The standard InChI is InChI=1S/C32H56N4O8/c1-33-10-12-34(14-15-36(26-32(40)41)17-16-35(13-11-33)25-31(38)39)24-28(37)8-6-18-42-19-20-43-21-22-44-30-23-27-7-4-2-3-5-9-29(27)30/h2-3,27,29-30H,4-26H2,1H3,(H,38,39)(H,40,41)/b3-2+/t27-,29-,30+/m0/s1. The molecule has 12 heteroatoms. The van der Waals surface area contributed by atoms with Crippen molar-refractivity contribution in [2.75, 3.05) is 112 Å². The monoisotopic (exact) mass is 624 g/mol. The van der Waals surface area contributed by atoms with Crippen LogP contribution in [0, 0.1) is 11.8 Å². The Morgan fingerprint density at radius 2 is 1.23 bits per heavy atom. The Hall–Kier alpha value is -1.93. The maximum atomic E-state index is 12.8. The van der Waals surface area contributed by atoms with Gasteiger partial charge in [-0.2, -0.15) is 0 Å². The second kappa shape index (κ2) is 21.0. The molecule has 0 amide bonds. The first kappa shape index (κ1) is 36.5. The van der Waals surface area contributed by atoms with E-state index in [4.69, 9.17) is 14.2 Å². The molecule has 0 bridgehead atoms. The summed E-state index contributed by atoms with van der Waals surface area (Å²) in [4.78, 5) is 43.3. The Morgan fingerprint density at radius 3 is 1.84 bits per heavy atom. The van der Waals surface area contributed by atoms with Gasteiger partial charge < -0.3 is 29.3 Å². The van der Waals surface area contributed by atoms with Gasteiger partial charge in [0.05, 0.1) is 52.2 Å². The molecule has 0 radical (unpaired) electrons. The van der Waals surface area contributed by atoms with E-state index < -0.39 is 11.9 Å². The number of allylic oxidation sites excluding steroid dienone is 2. The van der Waals surface area contributed by atoms with E-state index >= 15 is 0 Å². The number of nitrogens with zero attached hydrogens (tertiary/aromatic N) is 4. The first-order chi connectivity index (χ1) is 21.3. The summed E-state index contributed by atoms with van der Waals surface area (Å²) in [6.07, 6.45) is 12.2. The zero-order valence-corrected chi connectivity index (χ0v) is 26.8. The number of ketones is 1. The maximum absolute atomic E-state index is 12.8. The summed E-state index contributed by atoms with van der Waals surface area (Å²) in [5.74, 6) is -0.118. The van der Waals surface area contributed by atoms with Crippen LogP contribution in [-0.2, 0) is 28.6 Å². The number of likely N-dealkylation sites (N-methyl/N-ethyl adjacent to an activating group) is 1. The predicted molar refractivity (Wildman–Crippen MR) is 167 cm³/mol. The van der Waals surface area contributed by atoms with E-state index in [1.165, 1.54) is 32.1 Å². The van der Waals surface area contributed by atoms with Crippen LogP contribution in [0.15, 0.2) is 12.2 Å². The Morgan fingerprint density at radius 1 is 0.705 bits per heavy atom. The summed E-state index contributed by atoms with van der Waals surface area (Å²) >= 11 is 0. The van der Waals surface area contributed by atoms with Gasteiger partial charge in [-0.15, -0.1) is 0 Å². The van der Waals surface area contributed by atoms with Crippen molar-refractivity contribution in [2.45, 2.75) is 51.0 Å². The Labute approximate surface area is 263 Å². The third-order valence-electron chi connectivity index (χ3n) is 9.01. The van der Waals surface area contributed by atoms with Crippen LogP contribution >= 0.6 is 0 Å². The topological polar surface area (TPSA) is 132 Å². The highest BCUT2D eigenvalue weighted by Gasteiger charge is 2.40. The number of Topliss-reactive ketones (excluding diaryl/α,β-unsaturated/α-hetero) is 1. The van der Waals surface area contributed by atoms with E-state index in [1.54, 1.807) is 0 Å². The number of carbonyl (C=O) groups is 3. The zero-order valence-electron chi connectivity index (χ0n) is 26.8. The Bertz CT molecular complexity index is 890. The first-order valence-electron chi connectivity index (χ1n) is 16.5. The molecule has 2 aliphatic carbocycles. The van der Waals surface area contributed by atoms with E-state index in [-0.39, 0.29) is 18.9 Å². The van der Waals surface area contributed by atoms with Crippen LogP contribution in [0.3, 0.4) is 0 Å². The van der Waals surface area contributed by atoms with E-state index in [0.29, 0.717) is 110 Å². The normalized spacial score (nSPS) is 25.9.